The van der Waals surface area contributed by atoms with Gasteiger partial charge in [-0.05, 0) is 40.5 Å². The van der Waals surface area contributed by atoms with Crippen LogP contribution in [0, 0.1) is 6.92 Å². The van der Waals surface area contributed by atoms with Crippen LogP contribution in [-0.2, 0) is 10.0 Å². The van der Waals surface area contributed by atoms with Gasteiger partial charge < -0.3 is 5.32 Å². The first-order valence-electron chi connectivity index (χ1n) is 6.68. The molecule has 0 bridgehead atoms. The number of aryl methyl sites for hydroxylation is 1. The summed E-state index contributed by atoms with van der Waals surface area (Å²) in [6.45, 7) is 6.93. The molecule has 1 heterocycles. The molecule has 128 valence electrons. The normalized spacial score (nSPS) is 15.7. The summed E-state index contributed by atoms with van der Waals surface area (Å²) in [5, 5.41) is 3.27. The summed E-state index contributed by atoms with van der Waals surface area (Å²) < 4.78 is 27.8. The predicted octanol–water partition coefficient (Wildman–Crippen LogP) is 1.78. The molecule has 22 heavy (non-hydrogen) atoms. The summed E-state index contributed by atoms with van der Waals surface area (Å²) in [6.07, 6.45) is 0. The van der Waals surface area contributed by atoms with Gasteiger partial charge in [-0.25, -0.2) is 13.1 Å². The monoisotopic (exact) mass is 433 g/mol. The van der Waals surface area contributed by atoms with Crippen LogP contribution < -0.4 is 10.0 Å². The number of rotatable bonds is 5. The quantitative estimate of drug-likeness (QED) is 0.741. The second-order valence-corrected chi connectivity index (χ2v) is 7.51. The molecule has 1 saturated heterocycles. The molecular weight excluding hydrogens is 413 g/mol. The molecule has 1 aromatic carbocycles. The molecule has 0 spiro atoms. The fourth-order valence-corrected chi connectivity index (χ4v) is 4.23. The number of nitrogens with zero attached hydrogens (tertiary/aromatic N) is 1. The molecule has 9 heteroatoms. The minimum Gasteiger partial charge on any atom is -0.314 e. The average Bonchev–Trinajstić information content (AvgIpc) is 2.42. The Bertz CT molecular complexity index is 566. The summed E-state index contributed by atoms with van der Waals surface area (Å²) in [5.41, 5.74) is 0.927. The molecule has 2 rings (SSSR count). The van der Waals surface area contributed by atoms with Gasteiger partial charge in [-0.2, -0.15) is 0 Å². The SMILES string of the molecule is Cc1ccc(Br)c(S(=O)(=O)NCCN2CCNCC2)c1.Cl.Cl. The van der Waals surface area contributed by atoms with Crippen molar-refractivity contribution in [3.8, 4) is 0 Å². The third-order valence-electron chi connectivity index (χ3n) is 3.31. The fraction of sp³-hybridized carbons (Fsp3) is 0.538. The van der Waals surface area contributed by atoms with Crippen LogP contribution in [0.3, 0.4) is 0 Å². The molecule has 0 aromatic heterocycles. The topological polar surface area (TPSA) is 61.4 Å². The third kappa shape index (κ3) is 6.31. The lowest BCUT2D eigenvalue weighted by Gasteiger charge is -2.27. The third-order valence-corrected chi connectivity index (χ3v) is 5.76. The maximum atomic E-state index is 12.3. The van der Waals surface area contributed by atoms with Crippen LogP contribution in [0.25, 0.3) is 0 Å². The molecule has 0 aliphatic carbocycles. The highest BCUT2D eigenvalue weighted by atomic mass is 79.9. The first-order chi connectivity index (χ1) is 9.49. The lowest BCUT2D eigenvalue weighted by atomic mass is 10.2. The van der Waals surface area contributed by atoms with E-state index in [0.717, 1.165) is 38.3 Å². The van der Waals surface area contributed by atoms with Crippen LogP contribution in [0.15, 0.2) is 27.6 Å². The van der Waals surface area contributed by atoms with Gasteiger partial charge in [0, 0.05) is 43.7 Å². The average molecular weight is 435 g/mol. The summed E-state index contributed by atoms with van der Waals surface area (Å²) in [6, 6.07) is 5.32. The molecule has 1 aliphatic rings. The van der Waals surface area contributed by atoms with Crippen LogP contribution >= 0.6 is 40.7 Å². The van der Waals surface area contributed by atoms with E-state index in [1.807, 2.05) is 13.0 Å². The van der Waals surface area contributed by atoms with Gasteiger partial charge in [0.05, 0.1) is 4.90 Å². The fourth-order valence-electron chi connectivity index (χ4n) is 2.17. The molecular formula is C13H22BrCl2N3O2S. The number of sulfonamides is 1. The Hall–Kier alpha value is 0.110. The van der Waals surface area contributed by atoms with E-state index >= 15 is 0 Å². The number of benzene rings is 1. The molecule has 0 radical (unpaired) electrons. The highest BCUT2D eigenvalue weighted by Gasteiger charge is 2.18. The van der Waals surface area contributed by atoms with E-state index in [-0.39, 0.29) is 24.8 Å². The molecule has 5 nitrogen and oxygen atoms in total. The number of hydrogen-bond acceptors (Lipinski definition) is 4. The highest BCUT2D eigenvalue weighted by Crippen LogP contribution is 2.22. The van der Waals surface area contributed by atoms with Crippen molar-refractivity contribution in [3.63, 3.8) is 0 Å². The first-order valence-corrected chi connectivity index (χ1v) is 8.95. The molecule has 1 aliphatic heterocycles. The van der Waals surface area contributed by atoms with Gasteiger partial charge in [0.2, 0.25) is 10.0 Å². The van der Waals surface area contributed by atoms with Crippen molar-refractivity contribution in [1.82, 2.24) is 14.9 Å². The van der Waals surface area contributed by atoms with Gasteiger partial charge in [-0.15, -0.1) is 24.8 Å². The first kappa shape index (κ1) is 22.1. The van der Waals surface area contributed by atoms with Crippen LogP contribution in [0.4, 0.5) is 0 Å². The summed E-state index contributed by atoms with van der Waals surface area (Å²) >= 11 is 3.30. The Kier molecular flexibility index (Phi) is 10.1. The van der Waals surface area contributed by atoms with Crippen molar-refractivity contribution in [2.45, 2.75) is 11.8 Å². The van der Waals surface area contributed by atoms with Crippen LogP contribution in [0.2, 0.25) is 0 Å². The molecule has 2 N–H and O–H groups in total. The zero-order valence-corrected chi connectivity index (χ0v) is 16.4. The maximum Gasteiger partial charge on any atom is 0.241 e. The standard InChI is InChI=1S/C13H20BrN3O2S.2ClH/c1-11-2-3-12(14)13(10-11)20(18,19)16-6-9-17-7-4-15-5-8-17;;/h2-3,10,15-16H,4-9H2,1H3;2*1H. The van der Waals surface area contributed by atoms with Crippen molar-refractivity contribution in [2.75, 3.05) is 39.3 Å². The molecule has 1 fully saturated rings. The Balaban J connectivity index is 0.00000220. The van der Waals surface area contributed by atoms with Gasteiger partial charge in [-0.3, -0.25) is 4.90 Å². The van der Waals surface area contributed by atoms with E-state index in [2.05, 4.69) is 30.9 Å². The highest BCUT2D eigenvalue weighted by molar-refractivity contribution is 9.10. The Labute approximate surface area is 153 Å². The van der Waals surface area contributed by atoms with Crippen molar-refractivity contribution >= 4 is 50.8 Å². The second kappa shape index (κ2) is 10.1. The molecule has 0 unspecified atom stereocenters. The van der Waals surface area contributed by atoms with Gasteiger partial charge in [-0.1, -0.05) is 6.07 Å². The van der Waals surface area contributed by atoms with Crippen molar-refractivity contribution in [3.05, 3.63) is 28.2 Å². The number of halogens is 3. The van der Waals surface area contributed by atoms with E-state index in [1.165, 1.54) is 0 Å². The predicted molar refractivity (Wildman–Crippen MR) is 97.9 cm³/mol. The summed E-state index contributed by atoms with van der Waals surface area (Å²) in [7, 11) is -3.45. The number of piperazine rings is 1. The van der Waals surface area contributed by atoms with Gasteiger partial charge in [0.15, 0.2) is 0 Å². The van der Waals surface area contributed by atoms with Crippen molar-refractivity contribution < 1.29 is 8.42 Å². The van der Waals surface area contributed by atoms with Crippen LogP contribution in [0.1, 0.15) is 5.56 Å². The van der Waals surface area contributed by atoms with Gasteiger partial charge in [0.1, 0.15) is 0 Å². The lowest BCUT2D eigenvalue weighted by Crippen LogP contribution is -2.46. The smallest absolute Gasteiger partial charge is 0.241 e. The summed E-state index contributed by atoms with van der Waals surface area (Å²) in [5.74, 6) is 0. The Morgan fingerprint density at radius 3 is 2.55 bits per heavy atom. The maximum absolute atomic E-state index is 12.3. The van der Waals surface area contributed by atoms with Crippen molar-refractivity contribution in [1.29, 1.82) is 0 Å². The van der Waals surface area contributed by atoms with Crippen LogP contribution in [-0.4, -0.2) is 52.6 Å². The van der Waals surface area contributed by atoms with E-state index in [9.17, 15) is 8.42 Å². The van der Waals surface area contributed by atoms with E-state index in [4.69, 9.17) is 0 Å². The van der Waals surface area contributed by atoms with Crippen LogP contribution in [0.5, 0.6) is 0 Å². The number of nitrogens with one attached hydrogen (secondary N) is 2. The zero-order valence-electron chi connectivity index (χ0n) is 12.3. The molecule has 0 saturated carbocycles. The molecule has 0 atom stereocenters. The zero-order chi connectivity index (χ0) is 14.6. The van der Waals surface area contributed by atoms with Gasteiger partial charge >= 0.3 is 0 Å². The van der Waals surface area contributed by atoms with Gasteiger partial charge in [0.25, 0.3) is 0 Å². The van der Waals surface area contributed by atoms with E-state index in [0.29, 0.717) is 15.9 Å². The molecule has 0 amide bonds. The second-order valence-electron chi connectivity index (χ2n) is 4.92. The Morgan fingerprint density at radius 2 is 1.91 bits per heavy atom. The number of hydrogen-bond donors (Lipinski definition) is 2. The Morgan fingerprint density at radius 1 is 1.27 bits per heavy atom. The minimum absolute atomic E-state index is 0. The summed E-state index contributed by atoms with van der Waals surface area (Å²) in [4.78, 5) is 2.56. The molecule has 1 aromatic rings. The van der Waals surface area contributed by atoms with E-state index in [1.54, 1.807) is 12.1 Å². The largest absolute Gasteiger partial charge is 0.314 e. The lowest BCUT2D eigenvalue weighted by molar-refractivity contribution is 0.245. The van der Waals surface area contributed by atoms with Crippen molar-refractivity contribution in [2.24, 2.45) is 0 Å². The van der Waals surface area contributed by atoms with E-state index < -0.39 is 10.0 Å². The minimum atomic E-state index is -3.45.